The molecular formula is C14H13FN2O8. The van der Waals surface area contributed by atoms with E-state index in [1.54, 1.807) is 0 Å². The molecule has 11 heteroatoms. The van der Waals surface area contributed by atoms with Gasteiger partial charge in [0.1, 0.15) is 0 Å². The summed E-state index contributed by atoms with van der Waals surface area (Å²) in [5, 5.41) is 0. The van der Waals surface area contributed by atoms with E-state index >= 15 is 4.39 Å². The fraction of sp³-hybridized carbons (Fsp3) is 0.571. The first kappa shape index (κ1) is 14.6. The Hall–Kier alpha value is -2.69. The first-order chi connectivity index (χ1) is 12.2. The molecule has 1 N–H and O–H groups in total. The molecule has 25 heavy (non-hydrogen) atoms. The highest BCUT2D eigenvalue weighted by atomic mass is 19.2. The zero-order chi connectivity index (χ0) is 18.7. The Bertz CT molecular complexity index is 897. The Morgan fingerprint density at radius 1 is 1.44 bits per heavy atom. The van der Waals surface area contributed by atoms with Crippen molar-refractivity contribution in [1.29, 1.82) is 0 Å². The number of halogens is 1. The van der Waals surface area contributed by atoms with E-state index in [9.17, 15) is 19.2 Å². The Morgan fingerprint density at radius 2 is 2.20 bits per heavy atom. The number of fused-ring (bicyclic) bond motifs is 1. The number of hydrogen-bond donors (Lipinski definition) is 1. The molecule has 10 nitrogen and oxygen atoms in total. The van der Waals surface area contributed by atoms with Crippen LogP contribution in [-0.4, -0.2) is 46.3 Å². The third kappa shape index (κ3) is 2.69. The summed E-state index contributed by atoms with van der Waals surface area (Å²) in [7, 11) is 0. The standard InChI is InChI=1S/C14H13FN2O8/c15-14(5-22-11(19)6-1-2-6)9-8(23-13(21)24-9)10(25-14)17-4-3-7(18)16-12(17)20/h3-4,6,8-10H,1-2,5H2,(H,16,18,20)/t8-,9+,10-,14-/m1/s1/i10D. The van der Waals surface area contributed by atoms with Gasteiger partial charge in [0.25, 0.3) is 11.4 Å². The topological polar surface area (TPSA) is 126 Å². The number of aromatic amines is 1. The fourth-order valence-electron chi connectivity index (χ4n) is 2.64. The molecule has 0 spiro atoms. The molecule has 2 aliphatic heterocycles. The van der Waals surface area contributed by atoms with Gasteiger partial charge in [0.2, 0.25) is 6.10 Å². The molecule has 1 aromatic rings. The first-order valence-corrected chi connectivity index (χ1v) is 7.48. The Balaban J connectivity index is 1.67. The number of esters is 1. The normalized spacial score (nSPS) is 37.0. The second-order valence-electron chi connectivity index (χ2n) is 5.92. The van der Waals surface area contributed by atoms with Crippen molar-refractivity contribution in [2.24, 2.45) is 5.92 Å². The van der Waals surface area contributed by atoms with Crippen molar-refractivity contribution in [3.05, 3.63) is 33.1 Å². The van der Waals surface area contributed by atoms with E-state index in [4.69, 9.17) is 20.3 Å². The van der Waals surface area contributed by atoms with Crippen LogP contribution >= 0.6 is 0 Å². The maximum absolute atomic E-state index is 15.3. The maximum Gasteiger partial charge on any atom is 0.509 e. The third-order valence-corrected chi connectivity index (χ3v) is 4.05. The number of H-pyrrole nitrogens is 1. The van der Waals surface area contributed by atoms with Crippen LogP contribution in [0.5, 0.6) is 0 Å². The van der Waals surface area contributed by atoms with Gasteiger partial charge in [0.05, 0.1) is 7.29 Å². The highest BCUT2D eigenvalue weighted by Gasteiger charge is 2.65. The van der Waals surface area contributed by atoms with Crippen LogP contribution in [0.4, 0.5) is 9.18 Å². The lowest BCUT2D eigenvalue weighted by atomic mass is 10.1. The molecule has 0 aromatic carbocycles. The van der Waals surface area contributed by atoms with Gasteiger partial charge in [0, 0.05) is 12.3 Å². The molecule has 3 fully saturated rings. The monoisotopic (exact) mass is 357 g/mol. The van der Waals surface area contributed by atoms with Crippen LogP contribution < -0.4 is 11.2 Å². The van der Waals surface area contributed by atoms with Crippen molar-refractivity contribution in [3.8, 4) is 0 Å². The molecule has 0 unspecified atom stereocenters. The van der Waals surface area contributed by atoms with Crippen molar-refractivity contribution < 1.29 is 34.3 Å². The second kappa shape index (κ2) is 5.41. The smallest absolute Gasteiger partial charge is 0.459 e. The molecule has 1 saturated carbocycles. The van der Waals surface area contributed by atoms with Gasteiger partial charge in [-0.1, -0.05) is 0 Å². The highest BCUT2D eigenvalue weighted by molar-refractivity contribution is 5.75. The Morgan fingerprint density at radius 3 is 2.88 bits per heavy atom. The number of rotatable bonds is 4. The first-order valence-electron chi connectivity index (χ1n) is 7.98. The van der Waals surface area contributed by atoms with Gasteiger partial charge in [-0.25, -0.2) is 14.0 Å². The van der Waals surface area contributed by atoms with Crippen molar-refractivity contribution >= 4 is 12.1 Å². The van der Waals surface area contributed by atoms with Gasteiger partial charge in [-0.15, -0.1) is 0 Å². The summed E-state index contributed by atoms with van der Waals surface area (Å²) in [6.07, 6.45) is -5.05. The molecule has 0 bridgehead atoms. The minimum atomic E-state index is -2.90. The summed E-state index contributed by atoms with van der Waals surface area (Å²) in [6.45, 7) is -0.946. The SMILES string of the molecule is [2H][C@@]1(n2ccc(=O)[nH]c2=O)O[C@](F)(COC(=O)C2CC2)[C@H]2OC(=O)O[C@H]21. The number of ether oxygens (including phenoxy) is 4. The van der Waals surface area contributed by atoms with Crippen molar-refractivity contribution in [1.82, 2.24) is 9.55 Å². The predicted octanol–water partition coefficient (Wildman–Crippen LogP) is -0.412. The van der Waals surface area contributed by atoms with Crippen LogP contribution in [-0.2, 0) is 23.7 Å². The van der Waals surface area contributed by atoms with E-state index in [1.807, 2.05) is 4.98 Å². The number of aromatic nitrogens is 2. The molecule has 3 heterocycles. The van der Waals surface area contributed by atoms with Crippen LogP contribution in [0.1, 0.15) is 20.4 Å². The summed E-state index contributed by atoms with van der Waals surface area (Å²) in [5.41, 5.74) is -1.82. The summed E-state index contributed by atoms with van der Waals surface area (Å²) in [4.78, 5) is 48.2. The van der Waals surface area contributed by atoms with Crippen LogP contribution in [0.2, 0.25) is 0 Å². The fourth-order valence-corrected chi connectivity index (χ4v) is 2.64. The number of carbonyl (C=O) groups is 2. The van der Waals surface area contributed by atoms with Crippen LogP contribution in [0.25, 0.3) is 0 Å². The van der Waals surface area contributed by atoms with Crippen molar-refractivity contribution in [2.75, 3.05) is 6.61 Å². The number of hydrogen-bond acceptors (Lipinski definition) is 8. The van der Waals surface area contributed by atoms with E-state index in [0.717, 1.165) is 12.3 Å². The lowest BCUT2D eigenvalue weighted by Crippen LogP contribution is -2.43. The summed E-state index contributed by atoms with van der Waals surface area (Å²) >= 11 is 0. The minimum Gasteiger partial charge on any atom is -0.459 e. The van der Waals surface area contributed by atoms with Crippen molar-refractivity contribution in [2.45, 2.75) is 37.1 Å². The molecule has 3 aliphatic rings. The van der Waals surface area contributed by atoms with E-state index in [1.165, 1.54) is 0 Å². The predicted molar refractivity (Wildman–Crippen MR) is 74.1 cm³/mol. The van der Waals surface area contributed by atoms with Gasteiger partial charge >= 0.3 is 17.8 Å². The molecule has 0 amide bonds. The lowest BCUT2D eigenvalue weighted by Gasteiger charge is -2.23. The summed E-state index contributed by atoms with van der Waals surface area (Å²) in [6, 6.07) is 0.916. The zero-order valence-electron chi connectivity index (χ0n) is 13.6. The third-order valence-electron chi connectivity index (χ3n) is 4.05. The van der Waals surface area contributed by atoms with Gasteiger partial charge in [0.15, 0.2) is 18.9 Å². The molecule has 4 atom stereocenters. The maximum atomic E-state index is 15.3. The van der Waals surface area contributed by atoms with Crippen LogP contribution in [0.15, 0.2) is 21.9 Å². The largest absolute Gasteiger partial charge is 0.509 e. The lowest BCUT2D eigenvalue weighted by molar-refractivity contribution is -0.220. The minimum absolute atomic E-state index is 0.305. The Labute approximate surface area is 139 Å². The summed E-state index contributed by atoms with van der Waals surface area (Å²) in [5.74, 6) is -3.84. The number of nitrogens with zero attached hydrogens (tertiary/aromatic N) is 1. The number of alkyl halides is 1. The van der Waals surface area contributed by atoms with Crippen molar-refractivity contribution in [3.63, 3.8) is 0 Å². The molecule has 1 aromatic heterocycles. The molecule has 2 saturated heterocycles. The van der Waals surface area contributed by atoms with Gasteiger partial charge < -0.3 is 18.9 Å². The number of nitrogens with one attached hydrogen (secondary N) is 1. The van der Waals surface area contributed by atoms with E-state index in [2.05, 4.69) is 0 Å². The van der Waals surface area contributed by atoms with E-state index in [0.29, 0.717) is 17.4 Å². The quantitative estimate of drug-likeness (QED) is 0.721. The average Bonchev–Trinajstić information content (AvgIpc) is 3.29. The zero-order valence-corrected chi connectivity index (χ0v) is 12.6. The second-order valence-corrected chi connectivity index (χ2v) is 5.92. The van der Waals surface area contributed by atoms with Gasteiger partial charge in [-0.2, -0.15) is 0 Å². The van der Waals surface area contributed by atoms with Crippen LogP contribution in [0, 0.1) is 5.92 Å². The van der Waals surface area contributed by atoms with Crippen LogP contribution in [0.3, 0.4) is 0 Å². The molecular weight excluding hydrogens is 343 g/mol. The van der Waals surface area contributed by atoms with Gasteiger partial charge in [-0.05, 0) is 12.8 Å². The average molecular weight is 357 g/mol. The Kier molecular flexibility index (Phi) is 3.17. The van der Waals surface area contributed by atoms with E-state index < -0.39 is 54.2 Å². The highest BCUT2D eigenvalue weighted by Crippen LogP contribution is 2.45. The summed E-state index contributed by atoms with van der Waals surface area (Å²) < 4.78 is 43.7. The molecule has 1 aliphatic carbocycles. The van der Waals surface area contributed by atoms with E-state index in [-0.39, 0.29) is 5.92 Å². The molecule has 0 radical (unpaired) electrons. The number of carbonyl (C=O) groups excluding carboxylic acids is 2. The molecule has 4 rings (SSSR count). The molecule has 134 valence electrons. The van der Waals surface area contributed by atoms with Gasteiger partial charge in [-0.3, -0.25) is 19.1 Å².